The van der Waals surface area contributed by atoms with Crippen molar-refractivity contribution in [1.82, 2.24) is 24.8 Å². The normalized spacial score (nSPS) is 12.9. The Morgan fingerprint density at radius 3 is 2.08 bits per heavy atom. The molecule has 0 N–H and O–H groups in total. The number of nitrogens with zero attached hydrogens (tertiary/aromatic N) is 5. The Kier molecular flexibility index (Phi) is 5.82. The van der Waals surface area contributed by atoms with Crippen molar-refractivity contribution in [1.29, 1.82) is 0 Å². The average Bonchev–Trinajstić information content (AvgIpc) is 3.68. The van der Waals surface area contributed by atoms with Crippen LogP contribution in [0.15, 0.2) is 116 Å². The topological polar surface area (TPSA) is 57.8 Å². The van der Waals surface area contributed by atoms with Gasteiger partial charge in [0.2, 0.25) is 0 Å². The van der Waals surface area contributed by atoms with Crippen LogP contribution in [0, 0.1) is 12.3 Å². The van der Waals surface area contributed by atoms with E-state index in [-0.39, 0.29) is 21.1 Å². The number of ether oxygens (including phenoxy) is 1. The van der Waals surface area contributed by atoms with Gasteiger partial charge in [0.15, 0.2) is 0 Å². The minimum absolute atomic E-state index is 0. The molecule has 7 rings (SSSR count). The fourth-order valence-corrected chi connectivity index (χ4v) is 5.18. The molecule has 0 radical (unpaired) electrons. The van der Waals surface area contributed by atoms with E-state index in [9.17, 15) is 0 Å². The van der Waals surface area contributed by atoms with E-state index in [1.54, 1.807) is 23.3 Å². The molecule has 0 atom stereocenters. The maximum absolute atomic E-state index is 6.19. The van der Waals surface area contributed by atoms with Gasteiger partial charge in [-0.05, 0) is 40.6 Å². The third-order valence-corrected chi connectivity index (χ3v) is 6.58. The molecule has 0 spiro atoms. The van der Waals surface area contributed by atoms with Crippen molar-refractivity contribution < 1.29 is 25.8 Å². The van der Waals surface area contributed by atoms with Gasteiger partial charge in [-0.15, -0.1) is 39.0 Å². The second kappa shape index (κ2) is 9.30. The smallest absolute Gasteiger partial charge is 0.509 e. The molecule has 3 aromatic carbocycles. The first-order chi connectivity index (χ1) is 17.8. The van der Waals surface area contributed by atoms with Crippen LogP contribution in [0.1, 0.15) is 22.4 Å². The Morgan fingerprint density at radius 1 is 0.676 bits per heavy atom. The summed E-state index contributed by atoms with van der Waals surface area (Å²) in [6.45, 7) is 0. The van der Waals surface area contributed by atoms with Gasteiger partial charge in [-0.2, -0.15) is 18.2 Å². The van der Waals surface area contributed by atoms with E-state index in [1.165, 1.54) is 27.2 Å². The Morgan fingerprint density at radius 2 is 1.38 bits per heavy atom. The fourth-order valence-electron chi connectivity index (χ4n) is 5.18. The number of rotatable bonds is 5. The molecule has 3 heterocycles. The first-order valence-electron chi connectivity index (χ1n) is 11.6. The number of fused-ring (bicyclic) bond motifs is 3. The average molecular weight is 661 g/mol. The zero-order chi connectivity index (χ0) is 24.0. The number of aromatic nitrogens is 5. The molecular formula is C30H19N5OPt. The van der Waals surface area contributed by atoms with Crippen LogP contribution >= 0.6 is 0 Å². The monoisotopic (exact) mass is 660 g/mol. The summed E-state index contributed by atoms with van der Waals surface area (Å²) < 4.78 is 7.82. The molecule has 180 valence electrons. The van der Waals surface area contributed by atoms with Crippen LogP contribution < -0.4 is 4.74 Å². The molecule has 0 saturated heterocycles. The molecule has 0 fully saturated rings. The zero-order valence-corrected chi connectivity index (χ0v) is 21.7. The van der Waals surface area contributed by atoms with Crippen molar-refractivity contribution >= 4 is 0 Å². The number of benzene rings is 3. The second-order valence-corrected chi connectivity index (χ2v) is 8.52. The third kappa shape index (κ3) is 3.64. The van der Waals surface area contributed by atoms with Crippen molar-refractivity contribution in [3.8, 4) is 22.6 Å². The Hall–Kier alpha value is -4.28. The van der Waals surface area contributed by atoms with Gasteiger partial charge in [0.1, 0.15) is 0 Å². The van der Waals surface area contributed by atoms with E-state index in [0.717, 1.165) is 11.3 Å². The molecule has 0 bridgehead atoms. The standard InChI is InChI=1S/C30H19N5O.Pt/c1-3-12-27-25(10-1)26-11-2-4-13-28(26)30(27,29-14-5-6-16-31-29)22-8-7-9-23(20-22)36-24-15-19-34(21-24)35-32-17-18-33-35;/h1-19H;/q-2;+2. The van der Waals surface area contributed by atoms with Gasteiger partial charge < -0.3 is 9.41 Å². The van der Waals surface area contributed by atoms with Crippen LogP contribution in [0.25, 0.3) is 11.1 Å². The maximum Gasteiger partial charge on any atom is 2.00 e. The molecule has 0 saturated carbocycles. The molecular weight excluding hydrogens is 641 g/mol. The summed E-state index contributed by atoms with van der Waals surface area (Å²) in [6, 6.07) is 34.6. The molecule has 1 aliphatic rings. The second-order valence-electron chi connectivity index (χ2n) is 8.52. The summed E-state index contributed by atoms with van der Waals surface area (Å²) in [4.78, 5) is 6.29. The van der Waals surface area contributed by atoms with Crippen LogP contribution in [0.5, 0.6) is 11.5 Å². The van der Waals surface area contributed by atoms with Crippen LogP contribution in [0.4, 0.5) is 0 Å². The minimum Gasteiger partial charge on any atom is -0.509 e. The molecule has 0 amide bonds. The molecule has 7 heteroatoms. The summed E-state index contributed by atoms with van der Waals surface area (Å²) in [6.07, 6.45) is 9.99. The largest absolute Gasteiger partial charge is 2.00 e. The summed E-state index contributed by atoms with van der Waals surface area (Å²) in [5.41, 5.74) is 6.05. The molecule has 6 aromatic rings. The van der Waals surface area contributed by atoms with Crippen molar-refractivity contribution in [3.05, 3.63) is 150 Å². The van der Waals surface area contributed by atoms with Gasteiger partial charge >= 0.3 is 21.1 Å². The molecule has 0 unspecified atom stereocenters. The van der Waals surface area contributed by atoms with Gasteiger partial charge in [-0.25, -0.2) is 0 Å². The SMILES string of the molecule is [Pt+2].[c-]1c(Oc2[c-]n(-n3nccn3)cc2)cccc1C1(c2ccccn2)c2ccccc2-c2ccccc21. The first kappa shape index (κ1) is 23.1. The molecule has 6 nitrogen and oxygen atoms in total. The van der Waals surface area contributed by atoms with E-state index in [2.05, 4.69) is 83.1 Å². The zero-order valence-electron chi connectivity index (χ0n) is 19.4. The molecule has 0 aliphatic heterocycles. The molecule has 3 aromatic heterocycles. The van der Waals surface area contributed by atoms with Crippen LogP contribution in [-0.4, -0.2) is 24.8 Å². The minimum atomic E-state index is -0.623. The number of hydrogen-bond donors (Lipinski definition) is 0. The van der Waals surface area contributed by atoms with Crippen molar-refractivity contribution in [2.75, 3.05) is 0 Å². The quantitative estimate of drug-likeness (QED) is 0.228. The van der Waals surface area contributed by atoms with Gasteiger partial charge in [0.25, 0.3) is 0 Å². The third-order valence-electron chi connectivity index (χ3n) is 6.58. The first-order valence-corrected chi connectivity index (χ1v) is 11.6. The molecule has 1 aliphatic carbocycles. The van der Waals surface area contributed by atoms with Gasteiger partial charge in [-0.1, -0.05) is 54.6 Å². The van der Waals surface area contributed by atoms with Gasteiger partial charge in [0.05, 0.1) is 23.5 Å². The Bertz CT molecular complexity index is 1630. The van der Waals surface area contributed by atoms with E-state index in [1.807, 2.05) is 36.5 Å². The van der Waals surface area contributed by atoms with Crippen molar-refractivity contribution in [2.45, 2.75) is 5.41 Å². The molecule has 37 heavy (non-hydrogen) atoms. The summed E-state index contributed by atoms with van der Waals surface area (Å²) >= 11 is 0. The van der Waals surface area contributed by atoms with E-state index < -0.39 is 5.41 Å². The fraction of sp³-hybridized carbons (Fsp3) is 0.0333. The number of pyridine rings is 1. The van der Waals surface area contributed by atoms with E-state index in [4.69, 9.17) is 9.72 Å². The summed E-state index contributed by atoms with van der Waals surface area (Å²) in [5.74, 6) is 1.13. The van der Waals surface area contributed by atoms with Gasteiger partial charge in [0, 0.05) is 17.7 Å². The predicted octanol–water partition coefficient (Wildman–Crippen LogP) is 5.54. The maximum atomic E-state index is 6.19. The Balaban J connectivity index is 0.00000252. The Labute approximate surface area is 228 Å². The predicted molar refractivity (Wildman–Crippen MR) is 135 cm³/mol. The summed E-state index contributed by atoms with van der Waals surface area (Å²) in [5, 5.41) is 8.25. The van der Waals surface area contributed by atoms with Crippen LogP contribution in [0.2, 0.25) is 0 Å². The van der Waals surface area contributed by atoms with Crippen molar-refractivity contribution in [2.24, 2.45) is 0 Å². The van der Waals surface area contributed by atoms with Crippen LogP contribution in [0.3, 0.4) is 0 Å². The van der Waals surface area contributed by atoms with E-state index in [0.29, 0.717) is 11.5 Å². The number of hydrogen-bond acceptors (Lipinski definition) is 4. The van der Waals surface area contributed by atoms with Crippen molar-refractivity contribution in [3.63, 3.8) is 0 Å². The van der Waals surface area contributed by atoms with Crippen LogP contribution in [-0.2, 0) is 26.5 Å². The van der Waals surface area contributed by atoms with E-state index >= 15 is 0 Å². The van der Waals surface area contributed by atoms with Gasteiger partial charge in [-0.3, -0.25) is 4.98 Å². The summed E-state index contributed by atoms with van der Waals surface area (Å²) in [7, 11) is 0.